The largest absolute Gasteiger partial charge is 0.325 e. The molecule has 0 bridgehead atoms. The molecule has 0 radical (unpaired) electrons. The minimum absolute atomic E-state index is 0.0789. The molecule has 1 saturated heterocycles. The average Bonchev–Trinajstić information content (AvgIpc) is 2.73. The molecule has 3 rings (SSSR count). The smallest absolute Gasteiger partial charge is 0.243 e. The van der Waals surface area contributed by atoms with Gasteiger partial charge in [-0.3, -0.25) is 4.79 Å². The number of hydrogen-bond acceptors (Lipinski definition) is 3. The summed E-state index contributed by atoms with van der Waals surface area (Å²) >= 11 is 0. The summed E-state index contributed by atoms with van der Waals surface area (Å²) in [6.07, 6.45) is 1.06. The van der Waals surface area contributed by atoms with Crippen molar-refractivity contribution in [3.05, 3.63) is 23.8 Å². The summed E-state index contributed by atoms with van der Waals surface area (Å²) in [6.45, 7) is 7.10. The number of piperidine rings is 1. The van der Waals surface area contributed by atoms with E-state index in [-0.39, 0.29) is 16.7 Å². The van der Waals surface area contributed by atoms with Gasteiger partial charge in [-0.15, -0.1) is 0 Å². The molecule has 0 aliphatic carbocycles. The molecule has 6 heteroatoms. The van der Waals surface area contributed by atoms with Crippen molar-refractivity contribution in [1.82, 2.24) is 4.31 Å². The van der Waals surface area contributed by atoms with E-state index in [1.807, 2.05) is 0 Å². The van der Waals surface area contributed by atoms with Gasteiger partial charge in [0, 0.05) is 18.8 Å². The number of carbonyl (C=O) groups excluding carboxylic acids is 1. The minimum Gasteiger partial charge on any atom is -0.325 e. The quantitative estimate of drug-likeness (QED) is 0.909. The van der Waals surface area contributed by atoms with Crippen LogP contribution >= 0.6 is 0 Å². The average molecular weight is 322 g/mol. The highest BCUT2D eigenvalue weighted by atomic mass is 32.2. The number of rotatable bonds is 2. The van der Waals surface area contributed by atoms with Crippen LogP contribution in [0.1, 0.15) is 38.7 Å². The molecule has 0 unspecified atom stereocenters. The molecule has 2 aliphatic heterocycles. The maximum Gasteiger partial charge on any atom is 0.243 e. The number of amides is 1. The Balaban J connectivity index is 1.95. The van der Waals surface area contributed by atoms with E-state index in [9.17, 15) is 13.2 Å². The molecule has 5 nitrogen and oxygen atoms in total. The SMILES string of the molecule is C[C@@H]1C[C@H](C)CN(S(=O)(=O)c2ccc3c(c2)[C@H](C)C(=O)N3)C1. The summed E-state index contributed by atoms with van der Waals surface area (Å²) in [5.41, 5.74) is 1.49. The van der Waals surface area contributed by atoms with Gasteiger partial charge in [-0.05, 0) is 48.9 Å². The van der Waals surface area contributed by atoms with Crippen molar-refractivity contribution >= 4 is 21.6 Å². The third kappa shape index (κ3) is 2.54. The van der Waals surface area contributed by atoms with Crippen LogP contribution in [0.4, 0.5) is 5.69 Å². The van der Waals surface area contributed by atoms with E-state index >= 15 is 0 Å². The summed E-state index contributed by atoms with van der Waals surface area (Å²) in [5, 5.41) is 2.77. The lowest BCUT2D eigenvalue weighted by Gasteiger charge is -2.34. The second kappa shape index (κ2) is 5.35. The van der Waals surface area contributed by atoms with Crippen molar-refractivity contribution in [3.8, 4) is 0 Å². The summed E-state index contributed by atoms with van der Waals surface area (Å²) in [4.78, 5) is 12.0. The molecule has 1 aromatic rings. The van der Waals surface area contributed by atoms with Crippen molar-refractivity contribution in [1.29, 1.82) is 0 Å². The van der Waals surface area contributed by atoms with Gasteiger partial charge in [0.05, 0.1) is 10.8 Å². The fourth-order valence-corrected chi connectivity index (χ4v) is 5.22. The topological polar surface area (TPSA) is 66.5 Å². The molecular weight excluding hydrogens is 300 g/mol. The van der Waals surface area contributed by atoms with Gasteiger partial charge in [0.15, 0.2) is 0 Å². The molecule has 0 spiro atoms. The summed E-state index contributed by atoms with van der Waals surface area (Å²) in [5.74, 6) is 0.361. The van der Waals surface area contributed by atoms with Crippen LogP contribution in [-0.2, 0) is 14.8 Å². The van der Waals surface area contributed by atoms with E-state index in [4.69, 9.17) is 0 Å². The highest BCUT2D eigenvalue weighted by Gasteiger charge is 2.34. The fourth-order valence-electron chi connectivity index (χ4n) is 3.51. The summed E-state index contributed by atoms with van der Waals surface area (Å²) in [7, 11) is -3.50. The van der Waals surface area contributed by atoms with E-state index in [0.717, 1.165) is 17.7 Å². The molecule has 3 atom stereocenters. The van der Waals surface area contributed by atoms with E-state index in [1.54, 1.807) is 29.4 Å². The van der Waals surface area contributed by atoms with E-state index < -0.39 is 10.0 Å². The molecule has 120 valence electrons. The van der Waals surface area contributed by atoms with Crippen molar-refractivity contribution in [3.63, 3.8) is 0 Å². The summed E-state index contributed by atoms with van der Waals surface area (Å²) < 4.78 is 27.4. The van der Waals surface area contributed by atoms with Gasteiger partial charge in [-0.2, -0.15) is 4.31 Å². The predicted molar refractivity (Wildman–Crippen MR) is 85.2 cm³/mol. The number of fused-ring (bicyclic) bond motifs is 1. The monoisotopic (exact) mass is 322 g/mol. The van der Waals surface area contributed by atoms with Crippen molar-refractivity contribution in [2.45, 2.75) is 38.0 Å². The maximum atomic E-state index is 12.9. The van der Waals surface area contributed by atoms with Gasteiger partial charge in [0.2, 0.25) is 15.9 Å². The van der Waals surface area contributed by atoms with Crippen LogP contribution < -0.4 is 5.32 Å². The van der Waals surface area contributed by atoms with Crippen LogP contribution in [0.15, 0.2) is 23.1 Å². The van der Waals surface area contributed by atoms with Crippen molar-refractivity contribution in [2.24, 2.45) is 11.8 Å². The third-order valence-corrected chi connectivity index (χ3v) is 6.44. The first kappa shape index (κ1) is 15.5. The highest BCUT2D eigenvalue weighted by Crippen LogP contribution is 2.35. The molecule has 0 aromatic heterocycles. The predicted octanol–water partition coefficient (Wildman–Crippen LogP) is 2.41. The maximum absolute atomic E-state index is 12.9. The van der Waals surface area contributed by atoms with Gasteiger partial charge in [-0.25, -0.2) is 8.42 Å². The highest BCUT2D eigenvalue weighted by molar-refractivity contribution is 7.89. The second-order valence-electron chi connectivity index (χ2n) is 6.73. The van der Waals surface area contributed by atoms with Gasteiger partial charge in [0.25, 0.3) is 0 Å². The summed E-state index contributed by atoms with van der Waals surface area (Å²) in [6, 6.07) is 4.94. The molecule has 1 N–H and O–H groups in total. The van der Waals surface area contributed by atoms with Crippen LogP contribution in [0.2, 0.25) is 0 Å². The zero-order valence-corrected chi connectivity index (χ0v) is 14.0. The Kier molecular flexibility index (Phi) is 3.77. The molecule has 1 aromatic carbocycles. The van der Waals surface area contributed by atoms with Gasteiger partial charge < -0.3 is 5.32 Å². The van der Waals surface area contributed by atoms with Crippen LogP contribution in [0.3, 0.4) is 0 Å². The molecule has 22 heavy (non-hydrogen) atoms. The zero-order valence-electron chi connectivity index (χ0n) is 13.2. The standard InChI is InChI=1S/C16H22N2O3S/c1-10-6-11(2)9-18(8-10)22(20,21)13-4-5-15-14(7-13)12(3)16(19)17-15/h4-5,7,10-12H,6,8-9H2,1-3H3,(H,17,19)/t10-,11+,12-/m0/s1. The number of carbonyl (C=O) groups is 1. The van der Waals surface area contributed by atoms with E-state index in [2.05, 4.69) is 19.2 Å². The zero-order chi connectivity index (χ0) is 16.1. The number of nitrogens with one attached hydrogen (secondary N) is 1. The Morgan fingerprint density at radius 1 is 1.14 bits per heavy atom. The van der Waals surface area contributed by atoms with Crippen LogP contribution in [0.25, 0.3) is 0 Å². The van der Waals surface area contributed by atoms with E-state index in [0.29, 0.717) is 24.9 Å². The molecule has 1 fully saturated rings. The first-order chi connectivity index (χ1) is 10.3. The Hall–Kier alpha value is -1.40. The Morgan fingerprint density at radius 3 is 2.41 bits per heavy atom. The fraction of sp³-hybridized carbons (Fsp3) is 0.562. The van der Waals surface area contributed by atoms with Crippen LogP contribution in [-0.4, -0.2) is 31.7 Å². The lowest BCUT2D eigenvalue weighted by Crippen LogP contribution is -2.42. The first-order valence-corrected chi connectivity index (χ1v) is 9.18. The number of sulfonamides is 1. The molecule has 2 heterocycles. The molecule has 1 amide bonds. The molecule has 0 saturated carbocycles. The Morgan fingerprint density at radius 2 is 1.77 bits per heavy atom. The third-order valence-electron chi connectivity index (χ3n) is 4.61. The lowest BCUT2D eigenvalue weighted by atomic mass is 9.94. The van der Waals surface area contributed by atoms with Gasteiger partial charge in [0.1, 0.15) is 0 Å². The number of benzene rings is 1. The number of anilines is 1. The molecular formula is C16H22N2O3S. The van der Waals surface area contributed by atoms with Gasteiger partial charge >= 0.3 is 0 Å². The van der Waals surface area contributed by atoms with Crippen molar-refractivity contribution in [2.75, 3.05) is 18.4 Å². The number of nitrogens with zero attached hydrogens (tertiary/aromatic N) is 1. The second-order valence-corrected chi connectivity index (χ2v) is 8.67. The lowest BCUT2D eigenvalue weighted by molar-refractivity contribution is -0.116. The normalized spacial score (nSPS) is 29.2. The van der Waals surface area contributed by atoms with Crippen LogP contribution in [0.5, 0.6) is 0 Å². The van der Waals surface area contributed by atoms with Crippen LogP contribution in [0, 0.1) is 11.8 Å². The number of hydrogen-bond donors (Lipinski definition) is 1. The first-order valence-electron chi connectivity index (χ1n) is 7.74. The van der Waals surface area contributed by atoms with E-state index in [1.165, 1.54) is 0 Å². The Labute approximate surface area is 131 Å². The minimum atomic E-state index is -3.50. The Bertz CT molecular complexity index is 704. The van der Waals surface area contributed by atoms with Crippen molar-refractivity contribution < 1.29 is 13.2 Å². The molecule has 2 aliphatic rings. The van der Waals surface area contributed by atoms with Gasteiger partial charge in [-0.1, -0.05) is 13.8 Å².